The van der Waals surface area contributed by atoms with Crippen LogP contribution >= 0.6 is 11.3 Å². The molecule has 0 aliphatic carbocycles. The molecule has 0 aliphatic heterocycles. The van der Waals surface area contributed by atoms with Crippen molar-refractivity contribution >= 4 is 32.2 Å². The van der Waals surface area contributed by atoms with Gasteiger partial charge in [-0.3, -0.25) is 15.1 Å². The minimum Gasteiger partial charge on any atom is -0.298 e. The number of carbonyl (C=O) groups excluding carboxylic acids is 1. The first-order chi connectivity index (χ1) is 12.4. The largest absolute Gasteiger partial charge is 0.298 e. The van der Waals surface area contributed by atoms with Crippen LogP contribution in [0.15, 0.2) is 59.1 Å². The fourth-order valence-electron chi connectivity index (χ4n) is 2.22. The molecular formula is C18H17N3O3S2. The molecule has 8 heteroatoms. The van der Waals surface area contributed by atoms with E-state index in [1.807, 2.05) is 17.5 Å². The van der Waals surface area contributed by atoms with Crippen molar-refractivity contribution in [2.75, 3.05) is 5.32 Å². The van der Waals surface area contributed by atoms with E-state index in [2.05, 4.69) is 15.3 Å². The Kier molecular flexibility index (Phi) is 5.15. The SMILES string of the molecule is CC(C)S(=O)(=O)c1ccc(C(=O)Nc2nc(-c3cccnc3)cs2)cc1. The second-order valence-corrected chi connectivity index (χ2v) is 9.21. The topological polar surface area (TPSA) is 89.0 Å². The highest BCUT2D eigenvalue weighted by atomic mass is 32.2. The lowest BCUT2D eigenvalue weighted by molar-refractivity contribution is 0.102. The van der Waals surface area contributed by atoms with Crippen molar-refractivity contribution in [2.24, 2.45) is 0 Å². The average Bonchev–Trinajstić information content (AvgIpc) is 3.11. The van der Waals surface area contributed by atoms with Crippen molar-refractivity contribution < 1.29 is 13.2 Å². The Labute approximate surface area is 155 Å². The van der Waals surface area contributed by atoms with Crippen molar-refractivity contribution in [3.63, 3.8) is 0 Å². The molecular weight excluding hydrogens is 370 g/mol. The zero-order valence-electron chi connectivity index (χ0n) is 14.2. The Morgan fingerprint density at radius 1 is 1.15 bits per heavy atom. The molecule has 1 aromatic carbocycles. The van der Waals surface area contributed by atoms with E-state index in [1.54, 1.807) is 26.2 Å². The summed E-state index contributed by atoms with van der Waals surface area (Å²) in [6, 6.07) is 9.61. The van der Waals surface area contributed by atoms with Crippen molar-refractivity contribution in [1.82, 2.24) is 9.97 Å². The van der Waals surface area contributed by atoms with Crippen LogP contribution in [0.25, 0.3) is 11.3 Å². The van der Waals surface area contributed by atoms with Crippen LogP contribution in [-0.4, -0.2) is 29.5 Å². The number of rotatable bonds is 5. The molecule has 3 rings (SSSR count). The maximum atomic E-state index is 12.3. The average molecular weight is 387 g/mol. The van der Waals surface area contributed by atoms with Gasteiger partial charge in [0.2, 0.25) is 0 Å². The van der Waals surface area contributed by atoms with Crippen molar-refractivity contribution in [3.8, 4) is 11.3 Å². The lowest BCUT2D eigenvalue weighted by Gasteiger charge is -2.08. The molecule has 2 aromatic heterocycles. The van der Waals surface area contributed by atoms with Crippen molar-refractivity contribution in [3.05, 3.63) is 59.7 Å². The van der Waals surface area contributed by atoms with Crippen molar-refractivity contribution in [1.29, 1.82) is 0 Å². The van der Waals surface area contributed by atoms with Gasteiger partial charge < -0.3 is 0 Å². The first-order valence-corrected chi connectivity index (χ1v) is 10.3. The zero-order valence-corrected chi connectivity index (χ0v) is 15.8. The summed E-state index contributed by atoms with van der Waals surface area (Å²) in [5.74, 6) is -0.342. The number of sulfone groups is 1. The summed E-state index contributed by atoms with van der Waals surface area (Å²) in [5, 5.41) is 4.52. The summed E-state index contributed by atoms with van der Waals surface area (Å²) in [5.41, 5.74) is 1.97. The van der Waals surface area contributed by atoms with Crippen LogP contribution in [0.3, 0.4) is 0 Å². The summed E-state index contributed by atoms with van der Waals surface area (Å²) in [4.78, 5) is 21.0. The van der Waals surface area contributed by atoms with Crippen LogP contribution in [0.5, 0.6) is 0 Å². The molecule has 0 radical (unpaired) electrons. The van der Waals surface area contributed by atoms with E-state index in [4.69, 9.17) is 0 Å². The highest BCUT2D eigenvalue weighted by molar-refractivity contribution is 7.92. The van der Waals surface area contributed by atoms with Gasteiger partial charge in [0.05, 0.1) is 15.8 Å². The number of carbonyl (C=O) groups is 1. The zero-order chi connectivity index (χ0) is 18.7. The second kappa shape index (κ2) is 7.35. The molecule has 0 unspecified atom stereocenters. The number of pyridine rings is 1. The minimum atomic E-state index is -3.35. The van der Waals surface area contributed by atoms with Crippen LogP contribution in [0.2, 0.25) is 0 Å². The first kappa shape index (κ1) is 18.2. The van der Waals surface area contributed by atoms with Gasteiger partial charge in [-0.15, -0.1) is 11.3 Å². The van der Waals surface area contributed by atoms with E-state index < -0.39 is 15.1 Å². The lowest BCUT2D eigenvalue weighted by atomic mass is 10.2. The molecule has 0 spiro atoms. The maximum Gasteiger partial charge on any atom is 0.257 e. The third kappa shape index (κ3) is 3.81. The number of nitrogens with zero attached hydrogens (tertiary/aromatic N) is 2. The monoisotopic (exact) mass is 387 g/mol. The maximum absolute atomic E-state index is 12.3. The van der Waals surface area contributed by atoms with Gasteiger partial charge in [0.1, 0.15) is 0 Å². The number of aromatic nitrogens is 2. The van der Waals surface area contributed by atoms with Crippen LogP contribution in [0.1, 0.15) is 24.2 Å². The summed E-state index contributed by atoms with van der Waals surface area (Å²) in [6.07, 6.45) is 3.39. The molecule has 26 heavy (non-hydrogen) atoms. The number of hydrogen-bond acceptors (Lipinski definition) is 6. The quantitative estimate of drug-likeness (QED) is 0.722. The molecule has 1 amide bonds. The van der Waals surface area contributed by atoms with Gasteiger partial charge in [0.25, 0.3) is 5.91 Å². The summed E-state index contributed by atoms with van der Waals surface area (Å²) >= 11 is 1.31. The molecule has 0 saturated heterocycles. The molecule has 1 N–H and O–H groups in total. The molecule has 134 valence electrons. The van der Waals surface area contributed by atoms with E-state index in [9.17, 15) is 13.2 Å². The number of thiazole rings is 1. The van der Waals surface area contributed by atoms with Gasteiger partial charge in [0, 0.05) is 28.9 Å². The molecule has 0 saturated carbocycles. The molecule has 0 aliphatic rings. The highest BCUT2D eigenvalue weighted by Crippen LogP contribution is 2.24. The number of anilines is 1. The molecule has 0 fully saturated rings. The number of benzene rings is 1. The predicted molar refractivity (Wildman–Crippen MR) is 102 cm³/mol. The second-order valence-electron chi connectivity index (χ2n) is 5.85. The number of hydrogen-bond donors (Lipinski definition) is 1. The number of amides is 1. The van der Waals surface area contributed by atoms with Crippen LogP contribution in [0, 0.1) is 0 Å². The van der Waals surface area contributed by atoms with Gasteiger partial charge in [0.15, 0.2) is 15.0 Å². The van der Waals surface area contributed by atoms with Crippen LogP contribution in [-0.2, 0) is 9.84 Å². The standard InChI is InChI=1S/C18H17N3O3S2/c1-12(2)26(23,24)15-7-5-13(6-8-15)17(22)21-18-20-16(11-25-18)14-4-3-9-19-10-14/h3-12H,1-2H3,(H,20,21,22). The summed E-state index contributed by atoms with van der Waals surface area (Å²) in [7, 11) is -3.35. The highest BCUT2D eigenvalue weighted by Gasteiger charge is 2.19. The Bertz CT molecular complexity index is 1010. The van der Waals surface area contributed by atoms with E-state index in [-0.39, 0.29) is 10.8 Å². The predicted octanol–water partition coefficient (Wildman–Crippen LogP) is 3.64. The molecule has 6 nitrogen and oxygen atoms in total. The van der Waals surface area contributed by atoms with Gasteiger partial charge in [-0.2, -0.15) is 0 Å². The van der Waals surface area contributed by atoms with Gasteiger partial charge >= 0.3 is 0 Å². The van der Waals surface area contributed by atoms with Crippen molar-refractivity contribution in [2.45, 2.75) is 24.0 Å². The molecule has 0 bridgehead atoms. The number of nitrogens with one attached hydrogen (secondary N) is 1. The first-order valence-electron chi connectivity index (χ1n) is 7.89. The van der Waals surface area contributed by atoms with Gasteiger partial charge in [-0.1, -0.05) is 0 Å². The molecule has 2 heterocycles. The van der Waals surface area contributed by atoms with Crippen LogP contribution < -0.4 is 5.32 Å². The Hall–Kier alpha value is -2.58. The van der Waals surface area contributed by atoms with E-state index in [0.29, 0.717) is 10.7 Å². The normalized spacial score (nSPS) is 11.5. The third-order valence-electron chi connectivity index (χ3n) is 3.75. The Balaban J connectivity index is 1.74. The van der Waals surface area contributed by atoms with Crippen LogP contribution in [0.4, 0.5) is 5.13 Å². The smallest absolute Gasteiger partial charge is 0.257 e. The minimum absolute atomic E-state index is 0.206. The Morgan fingerprint density at radius 3 is 2.50 bits per heavy atom. The summed E-state index contributed by atoms with van der Waals surface area (Å²) in [6.45, 7) is 3.25. The van der Waals surface area contributed by atoms with E-state index >= 15 is 0 Å². The van der Waals surface area contributed by atoms with E-state index in [0.717, 1.165) is 11.3 Å². The fraction of sp³-hybridized carbons (Fsp3) is 0.167. The summed E-state index contributed by atoms with van der Waals surface area (Å²) < 4.78 is 24.3. The molecule has 3 aromatic rings. The fourth-order valence-corrected chi connectivity index (χ4v) is 3.99. The van der Waals surface area contributed by atoms with Gasteiger partial charge in [-0.05, 0) is 50.2 Å². The van der Waals surface area contributed by atoms with E-state index in [1.165, 1.54) is 35.6 Å². The Morgan fingerprint density at radius 2 is 1.88 bits per heavy atom. The van der Waals surface area contributed by atoms with Gasteiger partial charge in [-0.25, -0.2) is 13.4 Å². The third-order valence-corrected chi connectivity index (χ3v) is 6.68. The molecule has 0 atom stereocenters. The lowest BCUT2D eigenvalue weighted by Crippen LogP contribution is -2.15.